The molecule has 1 aromatic heterocycles. The predicted octanol–water partition coefficient (Wildman–Crippen LogP) is 2.64. The average molecular weight is 423 g/mol. The van der Waals surface area contributed by atoms with Gasteiger partial charge >= 0.3 is 0 Å². The SMILES string of the molecule is C[C@@H]1[C@H](C)CCC[C@H]1n1c(S[C@@H]2CS(=O)(=O)C[C@@H]2O)nc2ccccc2c1=O. The standard InChI is InChI=1S/C20H26N2O4S2/c1-12-6-5-9-16(13(12)2)22-19(24)14-7-3-4-8-15(14)21-20(22)27-18-11-28(25,26)10-17(18)23/h3-4,7-8,12-13,16-18,23H,5-6,9-11H2,1-2H3/t12-,13-,16-,17+,18-/m1/s1. The van der Waals surface area contributed by atoms with Gasteiger partial charge in [0.25, 0.3) is 5.56 Å². The molecule has 28 heavy (non-hydrogen) atoms. The van der Waals surface area contributed by atoms with Gasteiger partial charge in [0.1, 0.15) is 0 Å². The van der Waals surface area contributed by atoms with Crippen LogP contribution in [0.2, 0.25) is 0 Å². The summed E-state index contributed by atoms with van der Waals surface area (Å²) < 4.78 is 25.7. The van der Waals surface area contributed by atoms with Crippen molar-refractivity contribution >= 4 is 32.5 Å². The third-order valence-corrected chi connectivity index (χ3v) is 9.51. The minimum atomic E-state index is -3.26. The molecule has 1 saturated heterocycles. The summed E-state index contributed by atoms with van der Waals surface area (Å²) >= 11 is 1.24. The number of hydrogen-bond donors (Lipinski definition) is 1. The van der Waals surface area contributed by atoms with Gasteiger partial charge in [-0.05, 0) is 30.4 Å². The molecule has 0 unspecified atom stereocenters. The smallest absolute Gasteiger partial charge is 0.262 e. The maximum absolute atomic E-state index is 13.4. The molecule has 2 heterocycles. The fourth-order valence-corrected chi connectivity index (χ4v) is 8.10. The number of fused-ring (bicyclic) bond motifs is 1. The molecule has 2 aromatic rings. The lowest BCUT2D eigenvalue weighted by molar-refractivity contribution is 0.173. The van der Waals surface area contributed by atoms with Gasteiger partial charge in [-0.3, -0.25) is 9.36 Å². The van der Waals surface area contributed by atoms with E-state index in [0.29, 0.717) is 27.9 Å². The largest absolute Gasteiger partial charge is 0.391 e. The van der Waals surface area contributed by atoms with Crippen LogP contribution in [0.3, 0.4) is 0 Å². The number of para-hydroxylation sites is 1. The van der Waals surface area contributed by atoms with E-state index >= 15 is 0 Å². The number of nitrogens with zero attached hydrogens (tertiary/aromatic N) is 2. The molecule has 5 atom stereocenters. The third kappa shape index (κ3) is 3.62. The topological polar surface area (TPSA) is 89.3 Å². The number of aliphatic hydroxyl groups is 1. The molecule has 0 spiro atoms. The van der Waals surface area contributed by atoms with Gasteiger partial charge in [-0.2, -0.15) is 0 Å². The minimum absolute atomic E-state index is 0.0333. The fraction of sp³-hybridized carbons (Fsp3) is 0.600. The van der Waals surface area contributed by atoms with E-state index in [-0.39, 0.29) is 23.1 Å². The lowest BCUT2D eigenvalue weighted by atomic mass is 9.78. The highest BCUT2D eigenvalue weighted by Gasteiger charge is 2.39. The van der Waals surface area contributed by atoms with Crippen molar-refractivity contribution in [1.29, 1.82) is 0 Å². The lowest BCUT2D eigenvalue weighted by Gasteiger charge is -2.36. The van der Waals surface area contributed by atoms with E-state index in [1.807, 2.05) is 12.1 Å². The van der Waals surface area contributed by atoms with Crippen LogP contribution in [-0.2, 0) is 9.84 Å². The van der Waals surface area contributed by atoms with Crippen molar-refractivity contribution in [2.75, 3.05) is 11.5 Å². The highest BCUT2D eigenvalue weighted by molar-refractivity contribution is 8.01. The van der Waals surface area contributed by atoms with Gasteiger partial charge in [0.05, 0.1) is 33.8 Å². The average Bonchev–Trinajstić information content (AvgIpc) is 2.90. The van der Waals surface area contributed by atoms with Crippen LogP contribution in [0.5, 0.6) is 0 Å². The molecule has 1 N–H and O–H groups in total. The molecule has 2 fully saturated rings. The first kappa shape index (κ1) is 19.9. The van der Waals surface area contributed by atoms with E-state index in [2.05, 4.69) is 13.8 Å². The Balaban J connectivity index is 1.83. The van der Waals surface area contributed by atoms with E-state index < -0.39 is 21.2 Å². The molecular weight excluding hydrogens is 396 g/mol. The normalized spacial score (nSPS) is 32.6. The Morgan fingerprint density at radius 1 is 1.18 bits per heavy atom. The molecule has 4 rings (SSSR count). The fourth-order valence-electron chi connectivity index (χ4n) is 4.46. The van der Waals surface area contributed by atoms with E-state index in [1.165, 1.54) is 11.8 Å². The first-order valence-corrected chi connectivity index (χ1v) is 12.5. The summed E-state index contributed by atoms with van der Waals surface area (Å²) in [7, 11) is -3.26. The molecular formula is C20H26N2O4S2. The second-order valence-electron chi connectivity index (χ2n) is 8.22. The number of aromatic nitrogens is 2. The summed E-state index contributed by atoms with van der Waals surface area (Å²) in [4.78, 5) is 18.1. The Kier molecular flexibility index (Phi) is 5.31. The summed E-state index contributed by atoms with van der Waals surface area (Å²) in [6, 6.07) is 7.31. The monoisotopic (exact) mass is 422 g/mol. The number of aliphatic hydroxyl groups excluding tert-OH is 1. The molecule has 1 aromatic carbocycles. The Morgan fingerprint density at radius 3 is 2.64 bits per heavy atom. The number of benzene rings is 1. The van der Waals surface area contributed by atoms with Gasteiger partial charge in [0.2, 0.25) is 0 Å². The molecule has 0 bridgehead atoms. The van der Waals surface area contributed by atoms with Crippen LogP contribution >= 0.6 is 11.8 Å². The number of thioether (sulfide) groups is 1. The van der Waals surface area contributed by atoms with Crippen LogP contribution in [0, 0.1) is 11.8 Å². The summed E-state index contributed by atoms with van der Waals surface area (Å²) in [5.74, 6) is 0.524. The second kappa shape index (κ2) is 7.46. The zero-order valence-electron chi connectivity index (χ0n) is 16.1. The van der Waals surface area contributed by atoms with Crippen LogP contribution < -0.4 is 5.56 Å². The summed E-state index contributed by atoms with van der Waals surface area (Å²) in [6.45, 7) is 4.40. The van der Waals surface area contributed by atoms with Gasteiger partial charge in [-0.15, -0.1) is 0 Å². The van der Waals surface area contributed by atoms with Gasteiger partial charge in [-0.1, -0.05) is 50.6 Å². The molecule has 6 nitrogen and oxygen atoms in total. The van der Waals surface area contributed by atoms with Crippen LogP contribution in [0.1, 0.15) is 39.2 Å². The summed E-state index contributed by atoms with van der Waals surface area (Å²) in [5.41, 5.74) is 0.535. The summed E-state index contributed by atoms with van der Waals surface area (Å²) in [5, 5.41) is 10.9. The highest BCUT2D eigenvalue weighted by atomic mass is 32.2. The zero-order valence-corrected chi connectivity index (χ0v) is 17.7. The zero-order chi connectivity index (χ0) is 20.1. The maximum atomic E-state index is 13.4. The second-order valence-corrected chi connectivity index (χ2v) is 11.6. The van der Waals surface area contributed by atoms with Gasteiger partial charge < -0.3 is 5.11 Å². The number of rotatable bonds is 3. The first-order valence-electron chi connectivity index (χ1n) is 9.83. The lowest BCUT2D eigenvalue weighted by Crippen LogP contribution is -2.36. The number of hydrogen-bond acceptors (Lipinski definition) is 6. The predicted molar refractivity (Wildman–Crippen MR) is 112 cm³/mol. The maximum Gasteiger partial charge on any atom is 0.262 e. The van der Waals surface area contributed by atoms with Crippen LogP contribution in [0.4, 0.5) is 0 Å². The Morgan fingerprint density at radius 2 is 1.93 bits per heavy atom. The van der Waals surface area contributed by atoms with E-state index in [9.17, 15) is 18.3 Å². The van der Waals surface area contributed by atoms with Crippen molar-refractivity contribution in [3.8, 4) is 0 Å². The Labute approximate surface area is 169 Å². The van der Waals surface area contributed by atoms with Crippen molar-refractivity contribution in [2.45, 2.75) is 55.7 Å². The number of sulfone groups is 1. The van der Waals surface area contributed by atoms with Crippen molar-refractivity contribution in [2.24, 2.45) is 11.8 Å². The van der Waals surface area contributed by atoms with Crippen LogP contribution in [0.15, 0.2) is 34.2 Å². The van der Waals surface area contributed by atoms with E-state index in [0.717, 1.165) is 19.3 Å². The molecule has 0 amide bonds. The van der Waals surface area contributed by atoms with Crippen molar-refractivity contribution in [3.63, 3.8) is 0 Å². The Bertz CT molecular complexity index is 1050. The molecule has 1 aliphatic carbocycles. The molecule has 1 saturated carbocycles. The first-order chi connectivity index (χ1) is 13.3. The van der Waals surface area contributed by atoms with Gasteiger partial charge in [0, 0.05) is 6.04 Å². The van der Waals surface area contributed by atoms with Gasteiger partial charge in [-0.25, -0.2) is 13.4 Å². The molecule has 8 heteroatoms. The highest BCUT2D eigenvalue weighted by Crippen LogP contribution is 2.40. The third-order valence-electron chi connectivity index (χ3n) is 6.30. The van der Waals surface area contributed by atoms with Crippen LogP contribution in [0.25, 0.3) is 10.9 Å². The Hall–Kier alpha value is -1.38. The van der Waals surface area contributed by atoms with Crippen molar-refractivity contribution in [1.82, 2.24) is 9.55 Å². The van der Waals surface area contributed by atoms with Gasteiger partial charge in [0.15, 0.2) is 15.0 Å². The summed E-state index contributed by atoms with van der Waals surface area (Å²) in [6.07, 6.45) is 2.18. The van der Waals surface area contributed by atoms with Crippen molar-refractivity contribution in [3.05, 3.63) is 34.6 Å². The molecule has 1 aliphatic heterocycles. The quantitative estimate of drug-likeness (QED) is 0.765. The molecule has 2 aliphatic rings. The molecule has 152 valence electrons. The van der Waals surface area contributed by atoms with E-state index in [4.69, 9.17) is 4.98 Å². The minimum Gasteiger partial charge on any atom is -0.391 e. The van der Waals surface area contributed by atoms with Crippen LogP contribution in [-0.4, -0.2) is 45.9 Å². The van der Waals surface area contributed by atoms with E-state index in [1.54, 1.807) is 16.7 Å². The molecule has 0 radical (unpaired) electrons. The van der Waals surface area contributed by atoms with Crippen molar-refractivity contribution < 1.29 is 13.5 Å².